The Balaban J connectivity index is 2.40. The first kappa shape index (κ1) is 12.7. The Bertz CT molecular complexity index is 286. The second kappa shape index (κ2) is 5.61. The Morgan fingerprint density at radius 1 is 1.33 bits per heavy atom. The van der Waals surface area contributed by atoms with Crippen LogP contribution in [0.25, 0.3) is 0 Å². The molecular formula is C12H22N2S. The Morgan fingerprint density at radius 2 is 2.07 bits per heavy atom. The van der Waals surface area contributed by atoms with E-state index in [4.69, 9.17) is 0 Å². The molecule has 0 aromatic carbocycles. The van der Waals surface area contributed by atoms with Crippen LogP contribution in [0.1, 0.15) is 44.3 Å². The second-order valence-corrected chi connectivity index (χ2v) is 5.88. The molecule has 86 valence electrons. The van der Waals surface area contributed by atoms with Crippen LogP contribution in [0.3, 0.4) is 0 Å². The van der Waals surface area contributed by atoms with Gasteiger partial charge in [-0.05, 0) is 32.9 Å². The molecule has 2 nitrogen and oxygen atoms in total. The number of nitrogens with zero attached hydrogens (tertiary/aromatic N) is 1. The molecule has 0 bridgehead atoms. The quantitative estimate of drug-likeness (QED) is 0.781. The van der Waals surface area contributed by atoms with Crippen molar-refractivity contribution in [3.63, 3.8) is 0 Å². The van der Waals surface area contributed by atoms with Crippen LogP contribution in [0.2, 0.25) is 0 Å². The third-order valence-electron chi connectivity index (χ3n) is 2.39. The normalized spacial score (nSPS) is 12.0. The number of nitrogens with one attached hydrogen (secondary N) is 1. The number of hydrogen-bond donors (Lipinski definition) is 1. The fourth-order valence-corrected chi connectivity index (χ4v) is 2.42. The predicted octanol–water partition coefficient (Wildman–Crippen LogP) is 2.98. The highest BCUT2D eigenvalue weighted by Gasteiger charge is 2.16. The van der Waals surface area contributed by atoms with Gasteiger partial charge in [0.2, 0.25) is 0 Å². The van der Waals surface area contributed by atoms with Gasteiger partial charge in [0, 0.05) is 10.8 Å². The summed E-state index contributed by atoms with van der Waals surface area (Å²) < 4.78 is 0. The van der Waals surface area contributed by atoms with Gasteiger partial charge >= 0.3 is 0 Å². The molecule has 1 aromatic heterocycles. The average Bonchev–Trinajstić information content (AvgIpc) is 2.60. The molecule has 0 atom stereocenters. The molecule has 0 spiro atoms. The van der Waals surface area contributed by atoms with Gasteiger partial charge in [0.05, 0.1) is 10.7 Å². The molecule has 0 radical (unpaired) electrons. The molecule has 1 aromatic rings. The number of thiazole rings is 1. The maximum absolute atomic E-state index is 4.68. The Morgan fingerprint density at radius 3 is 2.60 bits per heavy atom. The highest BCUT2D eigenvalue weighted by molar-refractivity contribution is 7.09. The third-order valence-corrected chi connectivity index (χ3v) is 3.30. The van der Waals surface area contributed by atoms with E-state index < -0.39 is 0 Å². The van der Waals surface area contributed by atoms with Crippen LogP contribution < -0.4 is 5.32 Å². The van der Waals surface area contributed by atoms with E-state index in [1.54, 1.807) is 11.3 Å². The van der Waals surface area contributed by atoms with Crippen LogP contribution in [-0.2, 0) is 11.8 Å². The Hall–Kier alpha value is -0.410. The number of aromatic nitrogens is 1. The zero-order valence-corrected chi connectivity index (χ0v) is 11.1. The topological polar surface area (TPSA) is 24.9 Å². The van der Waals surface area contributed by atoms with Gasteiger partial charge in [0.1, 0.15) is 0 Å². The summed E-state index contributed by atoms with van der Waals surface area (Å²) in [7, 11) is 2.00. The van der Waals surface area contributed by atoms with E-state index >= 15 is 0 Å². The standard InChI is InChI=1S/C12H22N2S/c1-12(2,3)10-9-15-11(14-10)7-5-6-8-13-4/h9,13H,5-8H2,1-4H3. The lowest BCUT2D eigenvalue weighted by atomic mass is 9.93. The van der Waals surface area contributed by atoms with Gasteiger partial charge in [0.15, 0.2) is 0 Å². The molecule has 0 amide bonds. The summed E-state index contributed by atoms with van der Waals surface area (Å²) >= 11 is 1.80. The lowest BCUT2D eigenvalue weighted by molar-refractivity contribution is 0.569. The number of unbranched alkanes of at least 4 members (excludes halogenated alkanes) is 1. The molecular weight excluding hydrogens is 204 g/mol. The van der Waals surface area contributed by atoms with Gasteiger partial charge in [-0.2, -0.15) is 0 Å². The van der Waals surface area contributed by atoms with E-state index in [1.807, 2.05) is 7.05 Å². The first-order valence-corrected chi connectivity index (χ1v) is 6.51. The lowest BCUT2D eigenvalue weighted by Crippen LogP contribution is -2.11. The van der Waals surface area contributed by atoms with Gasteiger partial charge in [-0.25, -0.2) is 4.98 Å². The molecule has 3 heteroatoms. The SMILES string of the molecule is CNCCCCc1nc(C(C)(C)C)cs1. The minimum Gasteiger partial charge on any atom is -0.320 e. The van der Waals surface area contributed by atoms with Crippen molar-refractivity contribution in [1.29, 1.82) is 0 Å². The van der Waals surface area contributed by atoms with Crippen molar-refractivity contribution in [2.75, 3.05) is 13.6 Å². The molecule has 0 fully saturated rings. The summed E-state index contributed by atoms with van der Waals surface area (Å²) in [4.78, 5) is 4.68. The molecule has 1 heterocycles. The summed E-state index contributed by atoms with van der Waals surface area (Å²) in [5, 5.41) is 6.66. The molecule has 0 aliphatic carbocycles. The van der Waals surface area contributed by atoms with E-state index in [0.29, 0.717) is 0 Å². The minimum atomic E-state index is 0.194. The fraction of sp³-hybridized carbons (Fsp3) is 0.750. The van der Waals surface area contributed by atoms with E-state index in [1.165, 1.54) is 23.5 Å². The molecule has 1 N–H and O–H groups in total. The van der Waals surface area contributed by atoms with E-state index in [9.17, 15) is 0 Å². The molecule has 15 heavy (non-hydrogen) atoms. The minimum absolute atomic E-state index is 0.194. The summed E-state index contributed by atoms with van der Waals surface area (Å²) in [6.07, 6.45) is 3.60. The number of aryl methyl sites for hydroxylation is 1. The first-order valence-electron chi connectivity index (χ1n) is 5.63. The molecule has 0 aliphatic heterocycles. The zero-order chi connectivity index (χ0) is 11.3. The van der Waals surface area contributed by atoms with Gasteiger partial charge in [-0.1, -0.05) is 20.8 Å². The maximum Gasteiger partial charge on any atom is 0.0928 e. The van der Waals surface area contributed by atoms with Crippen molar-refractivity contribution in [2.24, 2.45) is 0 Å². The molecule has 0 unspecified atom stereocenters. The molecule has 0 saturated heterocycles. The zero-order valence-electron chi connectivity index (χ0n) is 10.3. The van der Waals surface area contributed by atoms with Crippen LogP contribution >= 0.6 is 11.3 Å². The van der Waals surface area contributed by atoms with Crippen molar-refractivity contribution in [1.82, 2.24) is 10.3 Å². The summed E-state index contributed by atoms with van der Waals surface area (Å²) in [6, 6.07) is 0. The van der Waals surface area contributed by atoms with E-state index in [2.05, 4.69) is 36.5 Å². The smallest absolute Gasteiger partial charge is 0.0928 e. The van der Waals surface area contributed by atoms with Crippen molar-refractivity contribution in [3.05, 3.63) is 16.1 Å². The number of rotatable bonds is 5. The van der Waals surface area contributed by atoms with Crippen LogP contribution in [-0.4, -0.2) is 18.6 Å². The maximum atomic E-state index is 4.68. The van der Waals surface area contributed by atoms with Gasteiger partial charge in [-0.3, -0.25) is 0 Å². The summed E-state index contributed by atoms with van der Waals surface area (Å²) in [5.74, 6) is 0. The fourth-order valence-electron chi connectivity index (χ4n) is 1.35. The number of hydrogen-bond acceptors (Lipinski definition) is 3. The third kappa shape index (κ3) is 4.31. The van der Waals surface area contributed by atoms with Gasteiger partial charge in [-0.15, -0.1) is 11.3 Å². The van der Waals surface area contributed by atoms with E-state index in [0.717, 1.165) is 13.0 Å². The van der Waals surface area contributed by atoms with Gasteiger partial charge < -0.3 is 5.32 Å². The first-order chi connectivity index (χ1) is 7.04. The van der Waals surface area contributed by atoms with Crippen molar-refractivity contribution in [3.8, 4) is 0 Å². The van der Waals surface area contributed by atoms with E-state index in [-0.39, 0.29) is 5.41 Å². The second-order valence-electron chi connectivity index (χ2n) is 4.94. The molecule has 0 saturated carbocycles. The molecule has 0 aliphatic rings. The van der Waals surface area contributed by atoms with Crippen LogP contribution in [0, 0.1) is 0 Å². The highest BCUT2D eigenvalue weighted by atomic mass is 32.1. The summed E-state index contributed by atoms with van der Waals surface area (Å²) in [5.41, 5.74) is 1.43. The van der Waals surface area contributed by atoms with Crippen LogP contribution in [0.15, 0.2) is 5.38 Å². The monoisotopic (exact) mass is 226 g/mol. The van der Waals surface area contributed by atoms with Crippen molar-refractivity contribution < 1.29 is 0 Å². The van der Waals surface area contributed by atoms with Crippen molar-refractivity contribution >= 4 is 11.3 Å². The van der Waals surface area contributed by atoms with Crippen LogP contribution in [0.4, 0.5) is 0 Å². The largest absolute Gasteiger partial charge is 0.320 e. The predicted molar refractivity (Wildman–Crippen MR) is 67.7 cm³/mol. The van der Waals surface area contributed by atoms with Crippen LogP contribution in [0.5, 0.6) is 0 Å². The Labute approximate surface area is 97.1 Å². The van der Waals surface area contributed by atoms with Crippen molar-refractivity contribution in [2.45, 2.75) is 45.4 Å². The highest BCUT2D eigenvalue weighted by Crippen LogP contribution is 2.24. The summed E-state index contributed by atoms with van der Waals surface area (Å²) in [6.45, 7) is 7.75. The van der Waals surface area contributed by atoms with Gasteiger partial charge in [0.25, 0.3) is 0 Å². The molecule has 1 rings (SSSR count). The average molecular weight is 226 g/mol. The lowest BCUT2D eigenvalue weighted by Gasteiger charge is -2.14. The Kier molecular flexibility index (Phi) is 4.74.